The molecular formula is C30H33N5O3. The highest BCUT2D eigenvalue weighted by atomic mass is 16.5. The molecule has 0 saturated carbocycles. The van der Waals surface area contributed by atoms with Gasteiger partial charge in [0.1, 0.15) is 18.1 Å². The fraction of sp³-hybridized carbons (Fsp3) is 0.333. The van der Waals surface area contributed by atoms with Crippen molar-refractivity contribution in [1.29, 1.82) is 0 Å². The molecule has 0 radical (unpaired) electrons. The van der Waals surface area contributed by atoms with Gasteiger partial charge in [-0.2, -0.15) is 0 Å². The van der Waals surface area contributed by atoms with Gasteiger partial charge in [-0.15, -0.1) is 5.10 Å². The topological polar surface area (TPSA) is 89.4 Å². The van der Waals surface area contributed by atoms with Crippen LogP contribution in [0.1, 0.15) is 41.1 Å². The van der Waals surface area contributed by atoms with E-state index < -0.39 is 6.04 Å². The molecule has 196 valence electrons. The van der Waals surface area contributed by atoms with Crippen molar-refractivity contribution in [2.45, 2.75) is 52.3 Å². The molecule has 3 aromatic carbocycles. The smallest absolute Gasteiger partial charge is 0.249 e. The van der Waals surface area contributed by atoms with E-state index in [1.807, 2.05) is 87.5 Å². The monoisotopic (exact) mass is 511 g/mol. The summed E-state index contributed by atoms with van der Waals surface area (Å²) >= 11 is 0. The molecule has 4 aromatic rings. The summed E-state index contributed by atoms with van der Waals surface area (Å²) in [5, 5.41) is 11.5. The summed E-state index contributed by atoms with van der Waals surface area (Å²) in [5.41, 5.74) is 5.97. The molecule has 0 aliphatic carbocycles. The Morgan fingerprint density at radius 2 is 1.82 bits per heavy atom. The van der Waals surface area contributed by atoms with Crippen LogP contribution in [-0.2, 0) is 20.9 Å². The fourth-order valence-corrected chi connectivity index (χ4v) is 4.96. The number of carbonyl (C=O) groups is 2. The second-order valence-corrected chi connectivity index (χ2v) is 9.91. The lowest BCUT2D eigenvalue weighted by atomic mass is 9.97. The Morgan fingerprint density at radius 1 is 1.03 bits per heavy atom. The summed E-state index contributed by atoms with van der Waals surface area (Å²) in [6.45, 7) is 7.05. The molecule has 0 bridgehead atoms. The molecule has 0 unspecified atom stereocenters. The standard InChI is InChI=1S/C30H33N5O3/c1-20-14-15-23(17-22(20)3)35(28(36)19-34-27-13-7-6-12-26(27)32-33-34)29(25-11-5-4-9-21(25)2)30(37)31-18-24-10-8-16-38-24/h4-7,9,11-15,17,24,29H,8,10,16,18-19H2,1-3H3,(H,31,37)/t24-,29+/m0/s1. The van der Waals surface area contributed by atoms with E-state index in [-0.39, 0.29) is 24.5 Å². The van der Waals surface area contributed by atoms with Crippen LogP contribution in [0.5, 0.6) is 0 Å². The van der Waals surface area contributed by atoms with Crippen molar-refractivity contribution in [3.05, 3.63) is 89.0 Å². The summed E-state index contributed by atoms with van der Waals surface area (Å²) in [7, 11) is 0. The van der Waals surface area contributed by atoms with E-state index in [4.69, 9.17) is 4.74 Å². The van der Waals surface area contributed by atoms with Crippen LogP contribution < -0.4 is 10.2 Å². The van der Waals surface area contributed by atoms with Crippen LogP contribution in [0, 0.1) is 20.8 Å². The summed E-state index contributed by atoms with van der Waals surface area (Å²) in [6, 6.07) is 20.2. The zero-order valence-electron chi connectivity index (χ0n) is 22.1. The number of hydrogen-bond acceptors (Lipinski definition) is 5. The first kappa shape index (κ1) is 25.6. The second-order valence-electron chi connectivity index (χ2n) is 9.91. The third-order valence-electron chi connectivity index (χ3n) is 7.26. The highest BCUT2D eigenvalue weighted by Gasteiger charge is 2.34. The van der Waals surface area contributed by atoms with E-state index in [1.54, 1.807) is 9.58 Å². The fourth-order valence-electron chi connectivity index (χ4n) is 4.96. The Bertz CT molecular complexity index is 1460. The molecule has 2 atom stereocenters. The number of amides is 2. The van der Waals surface area contributed by atoms with Crippen molar-refractivity contribution in [3.8, 4) is 0 Å². The minimum atomic E-state index is -0.873. The summed E-state index contributed by atoms with van der Waals surface area (Å²) in [5.74, 6) is -0.505. The lowest BCUT2D eigenvalue weighted by Crippen LogP contribution is -2.47. The molecule has 1 fully saturated rings. The Balaban J connectivity index is 1.57. The lowest BCUT2D eigenvalue weighted by molar-refractivity contribution is -0.127. The average molecular weight is 512 g/mol. The number of anilines is 1. The third-order valence-corrected chi connectivity index (χ3v) is 7.26. The molecule has 8 nitrogen and oxygen atoms in total. The first-order valence-electron chi connectivity index (χ1n) is 13.0. The van der Waals surface area contributed by atoms with Crippen LogP contribution in [0.2, 0.25) is 0 Å². The van der Waals surface area contributed by atoms with E-state index >= 15 is 0 Å². The van der Waals surface area contributed by atoms with Crippen molar-refractivity contribution in [2.75, 3.05) is 18.1 Å². The minimum Gasteiger partial charge on any atom is -0.376 e. The van der Waals surface area contributed by atoms with Gasteiger partial charge in [0.25, 0.3) is 0 Å². The van der Waals surface area contributed by atoms with Gasteiger partial charge in [0, 0.05) is 18.8 Å². The molecule has 1 aliphatic rings. The van der Waals surface area contributed by atoms with E-state index in [2.05, 4.69) is 15.6 Å². The van der Waals surface area contributed by atoms with Crippen LogP contribution in [0.3, 0.4) is 0 Å². The molecular weight excluding hydrogens is 478 g/mol. The number of fused-ring (bicyclic) bond motifs is 1. The van der Waals surface area contributed by atoms with Crippen molar-refractivity contribution in [1.82, 2.24) is 20.3 Å². The SMILES string of the molecule is Cc1ccc(N(C(=O)Cn2nnc3ccccc32)[C@@H](C(=O)NC[C@@H]2CCCO2)c2ccccc2C)cc1C. The van der Waals surface area contributed by atoms with Gasteiger partial charge in [0.15, 0.2) is 0 Å². The summed E-state index contributed by atoms with van der Waals surface area (Å²) < 4.78 is 7.32. The van der Waals surface area contributed by atoms with Crippen molar-refractivity contribution in [3.63, 3.8) is 0 Å². The maximum atomic E-state index is 14.2. The number of benzene rings is 3. The predicted molar refractivity (Wildman–Crippen MR) is 147 cm³/mol. The molecule has 0 spiro atoms. The molecule has 5 rings (SSSR count). The zero-order valence-corrected chi connectivity index (χ0v) is 22.1. The van der Waals surface area contributed by atoms with E-state index in [0.717, 1.165) is 40.6 Å². The van der Waals surface area contributed by atoms with E-state index in [9.17, 15) is 9.59 Å². The first-order chi connectivity index (χ1) is 18.4. The lowest BCUT2D eigenvalue weighted by Gasteiger charge is -2.33. The molecule has 1 aromatic heterocycles. The van der Waals surface area contributed by atoms with Crippen LogP contribution in [0.4, 0.5) is 5.69 Å². The third kappa shape index (κ3) is 5.31. The maximum Gasteiger partial charge on any atom is 0.249 e. The molecule has 2 heterocycles. The van der Waals surface area contributed by atoms with Gasteiger partial charge < -0.3 is 10.1 Å². The molecule has 1 N–H and O–H groups in total. The van der Waals surface area contributed by atoms with Crippen LogP contribution in [0.25, 0.3) is 11.0 Å². The van der Waals surface area contributed by atoms with Crippen LogP contribution in [-0.4, -0.2) is 46.1 Å². The Kier molecular flexibility index (Phi) is 7.51. The van der Waals surface area contributed by atoms with E-state index in [1.165, 1.54) is 0 Å². The largest absolute Gasteiger partial charge is 0.376 e. The number of rotatable bonds is 8. The van der Waals surface area contributed by atoms with Crippen LogP contribution in [0.15, 0.2) is 66.7 Å². The number of hydrogen-bond donors (Lipinski definition) is 1. The normalized spacial score (nSPS) is 15.9. The van der Waals surface area contributed by atoms with Gasteiger partial charge in [0.05, 0.1) is 11.6 Å². The van der Waals surface area contributed by atoms with Gasteiger partial charge in [-0.3, -0.25) is 14.5 Å². The zero-order chi connectivity index (χ0) is 26.6. The molecule has 2 amide bonds. The van der Waals surface area contributed by atoms with Gasteiger partial charge >= 0.3 is 0 Å². The number of nitrogens with one attached hydrogen (secondary N) is 1. The Labute approximate surface area is 222 Å². The summed E-state index contributed by atoms with van der Waals surface area (Å²) in [6.07, 6.45) is 1.89. The molecule has 1 aliphatic heterocycles. The Hall–Kier alpha value is -4.04. The van der Waals surface area contributed by atoms with Gasteiger partial charge in [-0.05, 0) is 80.1 Å². The maximum absolute atomic E-state index is 14.2. The number of ether oxygens (including phenoxy) is 1. The van der Waals surface area contributed by atoms with Crippen LogP contribution >= 0.6 is 0 Å². The van der Waals surface area contributed by atoms with E-state index in [0.29, 0.717) is 24.4 Å². The number of aromatic nitrogens is 3. The summed E-state index contributed by atoms with van der Waals surface area (Å²) in [4.78, 5) is 29.7. The second kappa shape index (κ2) is 11.1. The molecule has 1 saturated heterocycles. The van der Waals surface area contributed by atoms with Gasteiger partial charge in [0.2, 0.25) is 11.8 Å². The number of nitrogens with zero attached hydrogens (tertiary/aromatic N) is 4. The van der Waals surface area contributed by atoms with Crippen molar-refractivity contribution >= 4 is 28.5 Å². The Morgan fingerprint density at radius 3 is 2.58 bits per heavy atom. The minimum absolute atomic E-state index is 0.0104. The highest BCUT2D eigenvalue weighted by Crippen LogP contribution is 2.32. The first-order valence-corrected chi connectivity index (χ1v) is 13.0. The molecule has 8 heteroatoms. The quantitative estimate of drug-likeness (QED) is 0.378. The number of aryl methyl sites for hydroxylation is 3. The number of para-hydroxylation sites is 1. The highest BCUT2D eigenvalue weighted by molar-refractivity contribution is 6.01. The van der Waals surface area contributed by atoms with Gasteiger partial charge in [-0.1, -0.05) is 47.7 Å². The molecule has 38 heavy (non-hydrogen) atoms. The number of carbonyl (C=O) groups excluding carboxylic acids is 2. The van der Waals surface area contributed by atoms with Crippen molar-refractivity contribution < 1.29 is 14.3 Å². The predicted octanol–water partition coefficient (Wildman–Crippen LogP) is 4.43. The average Bonchev–Trinajstić information content (AvgIpc) is 3.58. The van der Waals surface area contributed by atoms with Gasteiger partial charge in [-0.25, -0.2) is 4.68 Å². The van der Waals surface area contributed by atoms with Crippen molar-refractivity contribution in [2.24, 2.45) is 0 Å².